The van der Waals surface area contributed by atoms with Crippen LogP contribution in [0.3, 0.4) is 0 Å². The zero-order valence-corrected chi connectivity index (χ0v) is 30.5. The molecule has 0 spiro atoms. The number of hydrogen-bond acceptors (Lipinski definition) is 5. The van der Waals surface area contributed by atoms with E-state index in [1.807, 2.05) is 66.2 Å². The van der Waals surface area contributed by atoms with E-state index in [1.165, 1.54) is 25.7 Å². The van der Waals surface area contributed by atoms with Gasteiger partial charge in [-0.1, -0.05) is 103 Å². The molecule has 0 radical (unpaired) electrons. The van der Waals surface area contributed by atoms with Gasteiger partial charge in [0.1, 0.15) is 0 Å². The number of thiophene rings is 1. The summed E-state index contributed by atoms with van der Waals surface area (Å²) in [5, 5.41) is 2.55. The van der Waals surface area contributed by atoms with Crippen LogP contribution in [0.25, 0.3) is 98.8 Å². The maximum absolute atomic E-state index is 5.39. The van der Waals surface area contributed by atoms with Gasteiger partial charge in [-0.3, -0.25) is 9.97 Å². The van der Waals surface area contributed by atoms with Crippen LogP contribution in [0.2, 0.25) is 0 Å². The third-order valence-electron chi connectivity index (χ3n) is 9.96. The molecule has 0 aliphatic heterocycles. The van der Waals surface area contributed by atoms with E-state index in [1.54, 1.807) is 0 Å². The molecule has 0 fully saturated rings. The highest BCUT2D eigenvalue weighted by Crippen LogP contribution is 2.42. The number of fused-ring (bicyclic) bond motifs is 3. The van der Waals surface area contributed by atoms with E-state index in [2.05, 4.69) is 140 Å². The quantitative estimate of drug-likeness (QED) is 0.164. The first kappa shape index (κ1) is 32.6. The van der Waals surface area contributed by atoms with Gasteiger partial charge in [-0.2, -0.15) is 0 Å². The first-order valence-electron chi connectivity index (χ1n) is 18.3. The van der Waals surface area contributed by atoms with Gasteiger partial charge in [0, 0.05) is 60.4 Å². The Morgan fingerprint density at radius 3 is 1.55 bits per heavy atom. The number of rotatable bonds is 7. The van der Waals surface area contributed by atoms with E-state index in [-0.39, 0.29) is 0 Å². The first-order chi connectivity index (χ1) is 27.2. The molecule has 0 bridgehead atoms. The number of nitrogens with zero attached hydrogens (tertiary/aromatic N) is 4. The van der Waals surface area contributed by atoms with Crippen molar-refractivity contribution in [2.24, 2.45) is 0 Å². The third-order valence-corrected chi connectivity index (χ3v) is 11.1. The van der Waals surface area contributed by atoms with Crippen molar-refractivity contribution in [1.82, 2.24) is 19.9 Å². The molecule has 6 aromatic carbocycles. The van der Waals surface area contributed by atoms with Gasteiger partial charge in [0.2, 0.25) is 0 Å². The van der Waals surface area contributed by atoms with Crippen molar-refractivity contribution in [3.05, 3.63) is 194 Å². The molecule has 0 aliphatic rings. The van der Waals surface area contributed by atoms with Crippen LogP contribution >= 0.6 is 11.3 Å². The zero-order valence-electron chi connectivity index (χ0n) is 29.7. The lowest BCUT2D eigenvalue weighted by Crippen LogP contribution is -1.98. The van der Waals surface area contributed by atoms with Crippen LogP contribution in [-0.4, -0.2) is 19.9 Å². The number of pyridine rings is 2. The second kappa shape index (κ2) is 14.0. The molecule has 4 nitrogen and oxygen atoms in total. The normalized spacial score (nSPS) is 11.3. The largest absolute Gasteiger partial charge is 0.256 e. The van der Waals surface area contributed by atoms with Crippen LogP contribution in [-0.2, 0) is 0 Å². The summed E-state index contributed by atoms with van der Waals surface area (Å²) < 4.78 is 2.56. The summed E-state index contributed by atoms with van der Waals surface area (Å²) in [6, 6.07) is 63.6. The molecule has 0 N–H and O–H groups in total. The smallest absolute Gasteiger partial charge is 0.160 e. The van der Waals surface area contributed by atoms with Crippen LogP contribution in [0.4, 0.5) is 0 Å². The highest BCUT2D eigenvalue weighted by atomic mass is 32.1. The molecule has 0 amide bonds. The molecule has 4 heterocycles. The van der Waals surface area contributed by atoms with Gasteiger partial charge in [0.25, 0.3) is 0 Å². The lowest BCUT2D eigenvalue weighted by molar-refractivity contribution is 1.18. The molecule has 0 unspecified atom stereocenters. The van der Waals surface area contributed by atoms with Crippen LogP contribution in [0.5, 0.6) is 0 Å². The van der Waals surface area contributed by atoms with Crippen molar-refractivity contribution < 1.29 is 0 Å². The number of aromatic nitrogens is 4. The fraction of sp³-hybridized carbons (Fsp3) is 0. The van der Waals surface area contributed by atoms with Crippen LogP contribution in [0, 0.1) is 0 Å². The first-order valence-corrected chi connectivity index (χ1v) is 19.1. The van der Waals surface area contributed by atoms with Crippen LogP contribution < -0.4 is 0 Å². The maximum Gasteiger partial charge on any atom is 0.160 e. The third kappa shape index (κ3) is 6.37. The number of hydrogen-bond donors (Lipinski definition) is 0. The number of benzene rings is 6. The molecule has 55 heavy (non-hydrogen) atoms. The Bertz CT molecular complexity index is 2900. The van der Waals surface area contributed by atoms with Crippen LogP contribution in [0.1, 0.15) is 0 Å². The fourth-order valence-electron chi connectivity index (χ4n) is 7.34. The lowest BCUT2D eigenvalue weighted by atomic mass is 9.92. The van der Waals surface area contributed by atoms with Gasteiger partial charge in [-0.25, -0.2) is 9.97 Å². The Kier molecular flexibility index (Phi) is 8.32. The molecule has 0 saturated carbocycles. The van der Waals surface area contributed by atoms with Gasteiger partial charge < -0.3 is 0 Å². The highest BCUT2D eigenvalue weighted by molar-refractivity contribution is 7.25. The fourth-order valence-corrected chi connectivity index (χ4v) is 8.48. The minimum absolute atomic E-state index is 0.629. The summed E-state index contributed by atoms with van der Waals surface area (Å²) >= 11 is 1.84. The maximum atomic E-state index is 5.39. The molecular formula is C50H32N4S. The summed E-state index contributed by atoms with van der Waals surface area (Å²) in [6.07, 6.45) is 3.65. The van der Waals surface area contributed by atoms with E-state index >= 15 is 0 Å². The van der Waals surface area contributed by atoms with Gasteiger partial charge in [0.15, 0.2) is 5.82 Å². The highest BCUT2D eigenvalue weighted by Gasteiger charge is 2.17. The predicted octanol–water partition coefficient (Wildman–Crippen LogP) is 13.3. The Hall–Kier alpha value is -7.08. The van der Waals surface area contributed by atoms with E-state index in [0.717, 1.165) is 67.3 Å². The lowest BCUT2D eigenvalue weighted by Gasteiger charge is -2.15. The van der Waals surface area contributed by atoms with Gasteiger partial charge in [-0.05, 0) is 101 Å². The van der Waals surface area contributed by atoms with E-state index in [9.17, 15) is 0 Å². The van der Waals surface area contributed by atoms with E-state index < -0.39 is 0 Å². The molecule has 10 rings (SSSR count). The molecular weight excluding hydrogens is 689 g/mol. The Morgan fingerprint density at radius 1 is 0.327 bits per heavy atom. The molecule has 0 saturated heterocycles. The van der Waals surface area contributed by atoms with Crippen molar-refractivity contribution >= 4 is 31.5 Å². The van der Waals surface area contributed by atoms with Crippen molar-refractivity contribution in [2.45, 2.75) is 0 Å². The van der Waals surface area contributed by atoms with E-state index in [0.29, 0.717) is 5.82 Å². The minimum Gasteiger partial charge on any atom is -0.256 e. The Morgan fingerprint density at radius 2 is 0.855 bits per heavy atom. The van der Waals surface area contributed by atoms with Crippen LogP contribution in [0.15, 0.2) is 194 Å². The zero-order chi connectivity index (χ0) is 36.6. The standard InChI is InChI=1S/C50H32N4S/c1-3-14-33(15-4-1)35-26-36(41-19-13-23-48-49(41)42-18-7-8-22-47(42)55-48)28-39(27-35)46-32-45(34-16-5-2-6-17-34)53-50(54-46)40-30-37(43-20-9-11-24-51-43)29-38(31-40)44-21-10-12-25-52-44/h1-32H. The molecule has 0 atom stereocenters. The molecule has 5 heteroatoms. The monoisotopic (exact) mass is 720 g/mol. The molecule has 10 aromatic rings. The van der Waals surface area contributed by atoms with Gasteiger partial charge in [0.05, 0.1) is 22.8 Å². The Balaban J connectivity index is 1.22. The average Bonchev–Trinajstić information content (AvgIpc) is 3.66. The van der Waals surface area contributed by atoms with Crippen molar-refractivity contribution in [3.8, 4) is 78.7 Å². The molecule has 4 aromatic heterocycles. The summed E-state index contributed by atoms with van der Waals surface area (Å²) in [4.78, 5) is 20.0. The summed E-state index contributed by atoms with van der Waals surface area (Å²) in [5.74, 6) is 0.629. The second-order valence-electron chi connectivity index (χ2n) is 13.5. The summed E-state index contributed by atoms with van der Waals surface area (Å²) in [5.41, 5.74) is 12.9. The van der Waals surface area contributed by atoms with Crippen molar-refractivity contribution in [3.63, 3.8) is 0 Å². The van der Waals surface area contributed by atoms with E-state index in [4.69, 9.17) is 19.9 Å². The Labute approximate surface area is 323 Å². The van der Waals surface area contributed by atoms with Gasteiger partial charge in [-0.15, -0.1) is 11.3 Å². The SMILES string of the molecule is c1ccc(-c2cc(-c3cc(-c4ccccc4)nc(-c4cc(-c5ccccn5)cc(-c5ccccn5)c4)n3)cc(-c3cccc4sc5ccccc5c34)c2)cc1. The summed E-state index contributed by atoms with van der Waals surface area (Å²) in [6.45, 7) is 0. The average molecular weight is 721 g/mol. The second-order valence-corrected chi connectivity index (χ2v) is 14.6. The predicted molar refractivity (Wildman–Crippen MR) is 229 cm³/mol. The molecule has 258 valence electrons. The topological polar surface area (TPSA) is 51.6 Å². The van der Waals surface area contributed by atoms with Gasteiger partial charge >= 0.3 is 0 Å². The van der Waals surface area contributed by atoms with Crippen molar-refractivity contribution in [2.75, 3.05) is 0 Å². The molecule has 0 aliphatic carbocycles. The van der Waals surface area contributed by atoms with Crippen molar-refractivity contribution in [1.29, 1.82) is 0 Å². The summed E-state index contributed by atoms with van der Waals surface area (Å²) in [7, 11) is 0. The minimum atomic E-state index is 0.629.